The molecule has 0 aliphatic carbocycles. The van der Waals surface area contributed by atoms with Crippen LogP contribution < -0.4 is 15.0 Å². The van der Waals surface area contributed by atoms with Crippen molar-refractivity contribution in [2.75, 3.05) is 42.9 Å². The van der Waals surface area contributed by atoms with Gasteiger partial charge in [0.25, 0.3) is 5.91 Å². The van der Waals surface area contributed by atoms with E-state index in [4.69, 9.17) is 4.74 Å². The van der Waals surface area contributed by atoms with E-state index in [1.807, 2.05) is 14.1 Å². The molecule has 134 valence electrons. The molecule has 0 saturated heterocycles. The van der Waals surface area contributed by atoms with Crippen LogP contribution in [0.4, 0.5) is 11.5 Å². The Balaban J connectivity index is 2.08. The van der Waals surface area contributed by atoms with Crippen LogP contribution in [0.5, 0.6) is 5.75 Å². The number of hydrogen-bond acceptors (Lipinski definition) is 6. The van der Waals surface area contributed by atoms with Gasteiger partial charge in [-0.3, -0.25) is 4.79 Å². The van der Waals surface area contributed by atoms with Gasteiger partial charge in [-0.2, -0.15) is 0 Å². The first-order chi connectivity index (χ1) is 11.8. The smallest absolute Gasteiger partial charge is 0.259 e. The molecule has 1 aromatic heterocycles. The number of anilines is 2. The Labute approximate surface area is 147 Å². The second kappa shape index (κ2) is 7.98. The van der Waals surface area contributed by atoms with Gasteiger partial charge in [0, 0.05) is 38.3 Å². The highest BCUT2D eigenvalue weighted by atomic mass is 32.2. The number of carbonyl (C=O) groups is 1. The highest BCUT2D eigenvalue weighted by Crippen LogP contribution is 2.20. The van der Waals surface area contributed by atoms with Crippen LogP contribution in [0.1, 0.15) is 10.4 Å². The molecule has 1 heterocycles. The Morgan fingerprint density at radius 1 is 1.24 bits per heavy atom. The Morgan fingerprint density at radius 2 is 2.00 bits per heavy atom. The Hall–Kier alpha value is -2.61. The van der Waals surface area contributed by atoms with Gasteiger partial charge in [0.15, 0.2) is 9.84 Å². The molecule has 0 radical (unpaired) electrons. The number of ether oxygens (including phenoxy) is 1. The number of carbonyl (C=O) groups excluding carboxylic acids is 1. The van der Waals surface area contributed by atoms with Crippen molar-refractivity contribution in [2.24, 2.45) is 0 Å². The summed E-state index contributed by atoms with van der Waals surface area (Å²) in [7, 11) is 0.551. The van der Waals surface area contributed by atoms with E-state index in [0.29, 0.717) is 22.8 Å². The highest BCUT2D eigenvalue weighted by molar-refractivity contribution is 7.90. The lowest BCUT2D eigenvalue weighted by molar-refractivity contribution is 0.102. The van der Waals surface area contributed by atoms with Crippen molar-refractivity contribution >= 4 is 27.2 Å². The van der Waals surface area contributed by atoms with E-state index in [2.05, 4.69) is 10.3 Å². The van der Waals surface area contributed by atoms with Gasteiger partial charge in [0.1, 0.15) is 18.2 Å². The second-order valence-electron chi connectivity index (χ2n) is 5.73. The first kappa shape index (κ1) is 18.7. The predicted octanol–water partition coefficient (Wildman–Crippen LogP) is 1.82. The molecule has 0 aliphatic heterocycles. The number of nitrogens with zero attached hydrogens (tertiary/aromatic N) is 2. The van der Waals surface area contributed by atoms with Crippen molar-refractivity contribution in [1.82, 2.24) is 4.98 Å². The molecule has 1 amide bonds. The van der Waals surface area contributed by atoms with Crippen LogP contribution in [0.15, 0.2) is 42.6 Å². The van der Waals surface area contributed by atoms with Crippen molar-refractivity contribution in [3.63, 3.8) is 0 Å². The maximum atomic E-state index is 12.5. The lowest BCUT2D eigenvalue weighted by Gasteiger charge is -2.15. The third kappa shape index (κ3) is 5.75. The number of sulfone groups is 1. The van der Waals surface area contributed by atoms with Crippen LogP contribution in [0.3, 0.4) is 0 Å². The molecule has 0 aliphatic rings. The van der Waals surface area contributed by atoms with Crippen LogP contribution in [-0.2, 0) is 9.84 Å². The molecule has 1 N–H and O–H groups in total. The number of aromatic nitrogens is 1. The summed E-state index contributed by atoms with van der Waals surface area (Å²) in [6, 6.07) is 10.2. The highest BCUT2D eigenvalue weighted by Gasteiger charge is 2.14. The number of hydrogen-bond donors (Lipinski definition) is 1. The van der Waals surface area contributed by atoms with Gasteiger partial charge >= 0.3 is 0 Å². The summed E-state index contributed by atoms with van der Waals surface area (Å²) >= 11 is 0. The second-order valence-corrected chi connectivity index (χ2v) is 7.99. The third-order valence-corrected chi connectivity index (χ3v) is 4.18. The third-order valence-electron chi connectivity index (χ3n) is 3.27. The van der Waals surface area contributed by atoms with Crippen LogP contribution in [0.25, 0.3) is 0 Å². The van der Waals surface area contributed by atoms with Gasteiger partial charge in [-0.05, 0) is 24.3 Å². The first-order valence-corrected chi connectivity index (χ1v) is 9.66. The summed E-state index contributed by atoms with van der Waals surface area (Å²) in [5, 5.41) is 2.80. The van der Waals surface area contributed by atoms with Gasteiger partial charge in [0.05, 0.1) is 11.3 Å². The van der Waals surface area contributed by atoms with E-state index in [1.54, 1.807) is 47.5 Å². The number of pyridine rings is 1. The molecule has 0 unspecified atom stereocenters. The molecule has 1 aromatic carbocycles. The van der Waals surface area contributed by atoms with Gasteiger partial charge in [-0.25, -0.2) is 13.4 Å². The van der Waals surface area contributed by atoms with Crippen LogP contribution in [-0.4, -0.2) is 52.0 Å². The quantitative estimate of drug-likeness (QED) is 0.807. The van der Waals surface area contributed by atoms with Crippen molar-refractivity contribution in [2.45, 2.75) is 0 Å². The minimum absolute atomic E-state index is 0.0591. The van der Waals surface area contributed by atoms with Gasteiger partial charge in [0.2, 0.25) is 0 Å². The fraction of sp³-hybridized carbons (Fsp3) is 0.294. The first-order valence-electron chi connectivity index (χ1n) is 7.60. The molecule has 8 heteroatoms. The van der Waals surface area contributed by atoms with Crippen LogP contribution >= 0.6 is 0 Å². The Morgan fingerprint density at radius 3 is 2.68 bits per heavy atom. The normalized spacial score (nSPS) is 11.0. The molecule has 7 nitrogen and oxygen atoms in total. The fourth-order valence-electron chi connectivity index (χ4n) is 2.10. The lowest BCUT2D eigenvalue weighted by atomic mass is 10.2. The largest absolute Gasteiger partial charge is 0.492 e. The standard InChI is InChI=1S/C17H21N3O4S/c1-20(2)16-15(8-5-9-18-16)17(21)19-13-6-4-7-14(12-13)24-10-11-25(3,22)23/h4-9,12H,10-11H2,1-3H3,(H,19,21). The number of amides is 1. The van der Waals surface area contributed by atoms with Crippen molar-refractivity contribution in [3.05, 3.63) is 48.2 Å². The summed E-state index contributed by atoms with van der Waals surface area (Å²) in [6.07, 6.45) is 2.78. The average Bonchev–Trinajstić information content (AvgIpc) is 2.54. The monoisotopic (exact) mass is 363 g/mol. The molecular weight excluding hydrogens is 342 g/mol. The zero-order chi connectivity index (χ0) is 18.4. The Kier molecular flexibility index (Phi) is 5.97. The maximum absolute atomic E-state index is 12.5. The molecule has 0 bridgehead atoms. The van der Waals surface area contributed by atoms with Gasteiger partial charge in [-0.15, -0.1) is 0 Å². The molecule has 0 atom stereocenters. The average molecular weight is 363 g/mol. The van der Waals surface area contributed by atoms with Gasteiger partial charge < -0.3 is 15.0 Å². The van der Waals surface area contributed by atoms with E-state index < -0.39 is 9.84 Å². The summed E-state index contributed by atoms with van der Waals surface area (Å²) in [6.45, 7) is 0.0591. The van der Waals surface area contributed by atoms with Crippen LogP contribution in [0.2, 0.25) is 0 Å². The number of nitrogens with one attached hydrogen (secondary N) is 1. The molecule has 25 heavy (non-hydrogen) atoms. The van der Waals surface area contributed by atoms with E-state index in [1.165, 1.54) is 0 Å². The summed E-state index contributed by atoms with van der Waals surface area (Å²) < 4.78 is 27.7. The summed E-state index contributed by atoms with van der Waals surface area (Å²) in [5.41, 5.74) is 1.01. The fourth-order valence-corrected chi connectivity index (χ4v) is 2.49. The maximum Gasteiger partial charge on any atom is 0.259 e. The Bertz CT molecular complexity index is 850. The molecule has 0 spiro atoms. The van der Waals surface area contributed by atoms with E-state index >= 15 is 0 Å². The SMILES string of the molecule is CN(C)c1ncccc1C(=O)Nc1cccc(OCCS(C)(=O)=O)c1. The van der Waals surface area contributed by atoms with Crippen molar-refractivity contribution in [1.29, 1.82) is 0 Å². The predicted molar refractivity (Wildman–Crippen MR) is 98.2 cm³/mol. The van der Waals surface area contributed by atoms with Gasteiger partial charge in [-0.1, -0.05) is 6.07 Å². The molecular formula is C17H21N3O4S. The van der Waals surface area contributed by atoms with E-state index in [0.717, 1.165) is 6.26 Å². The lowest BCUT2D eigenvalue weighted by Crippen LogP contribution is -2.19. The summed E-state index contributed by atoms with van der Waals surface area (Å²) in [5.74, 6) is 0.706. The van der Waals surface area contributed by atoms with Crippen molar-refractivity contribution in [3.8, 4) is 5.75 Å². The van der Waals surface area contributed by atoms with Crippen LogP contribution in [0, 0.1) is 0 Å². The molecule has 0 saturated carbocycles. The van der Waals surface area contributed by atoms with Crippen molar-refractivity contribution < 1.29 is 17.9 Å². The van der Waals surface area contributed by atoms with E-state index in [9.17, 15) is 13.2 Å². The topological polar surface area (TPSA) is 88.6 Å². The number of benzene rings is 1. The summed E-state index contributed by atoms with van der Waals surface area (Å²) in [4.78, 5) is 18.5. The zero-order valence-corrected chi connectivity index (χ0v) is 15.2. The molecule has 2 rings (SSSR count). The molecule has 2 aromatic rings. The number of rotatable bonds is 7. The zero-order valence-electron chi connectivity index (χ0n) is 14.4. The molecule has 0 fully saturated rings. The van der Waals surface area contributed by atoms with E-state index in [-0.39, 0.29) is 18.3 Å². The minimum atomic E-state index is -3.08. The minimum Gasteiger partial charge on any atom is -0.492 e.